The highest BCUT2D eigenvalue weighted by molar-refractivity contribution is 8.14. The third-order valence-corrected chi connectivity index (χ3v) is 2.96. The third-order valence-electron chi connectivity index (χ3n) is 1.89. The van der Waals surface area contributed by atoms with Crippen molar-refractivity contribution in [2.75, 3.05) is 26.9 Å². The molecule has 5 nitrogen and oxygen atoms in total. The first-order valence-electron chi connectivity index (χ1n) is 4.27. The van der Waals surface area contributed by atoms with Gasteiger partial charge in [-0.15, -0.1) is 0 Å². The number of carbonyl (C=O) groups excluding carboxylic acids is 2. The van der Waals surface area contributed by atoms with Crippen LogP contribution < -0.4 is 0 Å². The van der Waals surface area contributed by atoms with E-state index in [2.05, 4.69) is 4.74 Å². The van der Waals surface area contributed by atoms with Crippen LogP contribution in [0.4, 0.5) is 0 Å². The number of thioether (sulfide) groups is 1. The molecule has 0 aromatic heterocycles. The predicted molar refractivity (Wildman–Crippen MR) is 51.7 cm³/mol. The van der Waals surface area contributed by atoms with Crippen molar-refractivity contribution in [1.82, 2.24) is 4.90 Å². The van der Waals surface area contributed by atoms with E-state index in [4.69, 9.17) is 5.11 Å². The summed E-state index contributed by atoms with van der Waals surface area (Å²) in [5, 5.41) is 8.46. The summed E-state index contributed by atoms with van der Waals surface area (Å²) in [7, 11) is 1.45. The van der Waals surface area contributed by atoms with Crippen LogP contribution >= 0.6 is 11.8 Å². The lowest BCUT2D eigenvalue weighted by Crippen LogP contribution is -2.52. The molecule has 0 aromatic rings. The zero-order valence-electron chi connectivity index (χ0n) is 7.93. The normalized spacial score (nSPS) is 20.9. The third kappa shape index (κ3) is 2.70. The number of rotatable bonds is 5. The van der Waals surface area contributed by atoms with Gasteiger partial charge < -0.3 is 14.7 Å². The summed E-state index contributed by atoms with van der Waals surface area (Å²) in [5.74, 6) is -0.0123. The van der Waals surface area contributed by atoms with Gasteiger partial charge in [-0.05, 0) is 0 Å². The standard InChI is InChI=1S/C8H13NO4S/c1-13-5-8(12)14-7-4-6(11)9(7)2-3-10/h7,10H,2-5H2,1H3/t7-/m1/s1. The molecule has 1 N–H and O–H groups in total. The molecular weight excluding hydrogens is 206 g/mol. The molecule has 80 valence electrons. The Bertz CT molecular complexity index is 233. The molecule has 1 saturated heterocycles. The average Bonchev–Trinajstić information content (AvgIpc) is 2.14. The molecule has 0 aromatic carbocycles. The fourth-order valence-corrected chi connectivity index (χ4v) is 2.28. The molecule has 1 atom stereocenters. The number of ether oxygens (including phenoxy) is 1. The molecule has 0 radical (unpaired) electrons. The van der Waals surface area contributed by atoms with Crippen molar-refractivity contribution in [1.29, 1.82) is 0 Å². The molecule has 1 heterocycles. The molecular formula is C8H13NO4S. The number of β-lactam (4-membered cyclic amide) rings is 1. The van der Waals surface area contributed by atoms with Crippen molar-refractivity contribution in [3.63, 3.8) is 0 Å². The summed E-state index contributed by atoms with van der Waals surface area (Å²) in [6, 6.07) is 0. The minimum Gasteiger partial charge on any atom is -0.395 e. The van der Waals surface area contributed by atoms with Crippen molar-refractivity contribution in [2.45, 2.75) is 11.8 Å². The van der Waals surface area contributed by atoms with Crippen LogP contribution in [0.15, 0.2) is 0 Å². The number of amides is 1. The van der Waals surface area contributed by atoms with Crippen molar-refractivity contribution >= 4 is 22.8 Å². The van der Waals surface area contributed by atoms with E-state index >= 15 is 0 Å². The molecule has 1 rings (SSSR count). The van der Waals surface area contributed by atoms with Crippen molar-refractivity contribution in [2.24, 2.45) is 0 Å². The maximum atomic E-state index is 11.1. The van der Waals surface area contributed by atoms with Crippen molar-refractivity contribution < 1.29 is 19.4 Å². The van der Waals surface area contributed by atoms with Gasteiger partial charge in [-0.2, -0.15) is 0 Å². The molecule has 0 unspecified atom stereocenters. The Morgan fingerprint density at radius 1 is 1.79 bits per heavy atom. The molecule has 0 saturated carbocycles. The molecule has 14 heavy (non-hydrogen) atoms. The fraction of sp³-hybridized carbons (Fsp3) is 0.750. The van der Waals surface area contributed by atoms with E-state index < -0.39 is 0 Å². The number of nitrogens with zero attached hydrogens (tertiary/aromatic N) is 1. The van der Waals surface area contributed by atoms with Crippen molar-refractivity contribution in [3.05, 3.63) is 0 Å². The van der Waals surface area contributed by atoms with E-state index in [1.807, 2.05) is 0 Å². The van der Waals surface area contributed by atoms with Crippen LogP contribution in [0.2, 0.25) is 0 Å². The predicted octanol–water partition coefficient (Wildman–Crippen LogP) is -0.557. The Hall–Kier alpha value is -0.590. The maximum Gasteiger partial charge on any atom is 0.226 e. The Balaban J connectivity index is 2.32. The fourth-order valence-electron chi connectivity index (χ4n) is 1.21. The zero-order chi connectivity index (χ0) is 10.6. The first-order valence-corrected chi connectivity index (χ1v) is 5.15. The van der Waals surface area contributed by atoms with Gasteiger partial charge in [0.15, 0.2) is 0 Å². The first kappa shape index (κ1) is 11.5. The molecule has 0 aliphatic carbocycles. The van der Waals surface area contributed by atoms with Crippen LogP contribution in [0.5, 0.6) is 0 Å². The summed E-state index contributed by atoms with van der Waals surface area (Å²) in [6.45, 7) is 0.292. The van der Waals surface area contributed by atoms with Crippen LogP contribution in [0.1, 0.15) is 6.42 Å². The molecule has 1 aliphatic rings. The van der Waals surface area contributed by atoms with E-state index in [-0.39, 0.29) is 29.6 Å². The summed E-state index contributed by atoms with van der Waals surface area (Å²) in [6.07, 6.45) is 0.375. The smallest absolute Gasteiger partial charge is 0.226 e. The SMILES string of the molecule is COCC(=O)S[C@@H]1CC(=O)N1CCO. The summed E-state index contributed by atoms with van der Waals surface area (Å²) >= 11 is 1.09. The highest BCUT2D eigenvalue weighted by atomic mass is 32.2. The Labute approximate surface area is 86.4 Å². The monoisotopic (exact) mass is 219 g/mol. The molecule has 1 fully saturated rings. The number of methoxy groups -OCH3 is 1. The first-order chi connectivity index (χ1) is 6.69. The minimum absolute atomic E-state index is 0.0123. The van der Waals surface area contributed by atoms with Crippen LogP contribution in [0.3, 0.4) is 0 Å². The lowest BCUT2D eigenvalue weighted by molar-refractivity contribution is -0.142. The summed E-state index contributed by atoms with van der Waals surface area (Å²) in [5.41, 5.74) is 0. The molecule has 1 aliphatic heterocycles. The number of likely N-dealkylation sites (tertiary alicyclic amines) is 1. The van der Waals surface area contributed by atoms with Crippen LogP contribution in [0.25, 0.3) is 0 Å². The van der Waals surface area contributed by atoms with Gasteiger partial charge in [0.05, 0.1) is 18.4 Å². The number of aliphatic hydroxyl groups excluding tert-OH is 1. The average molecular weight is 219 g/mol. The van der Waals surface area contributed by atoms with Gasteiger partial charge in [0.2, 0.25) is 11.0 Å². The van der Waals surface area contributed by atoms with Crippen LogP contribution in [-0.2, 0) is 14.3 Å². The number of hydrogen-bond donors (Lipinski definition) is 1. The molecule has 1 amide bonds. The Kier molecular flexibility index (Phi) is 4.37. The van der Waals surface area contributed by atoms with Gasteiger partial charge in [0.25, 0.3) is 0 Å². The van der Waals surface area contributed by atoms with E-state index in [9.17, 15) is 9.59 Å². The second-order valence-corrected chi connectivity index (χ2v) is 4.13. The van der Waals surface area contributed by atoms with Crippen LogP contribution in [0, 0.1) is 0 Å². The van der Waals surface area contributed by atoms with Gasteiger partial charge >= 0.3 is 0 Å². The summed E-state index contributed by atoms with van der Waals surface area (Å²) in [4.78, 5) is 23.7. The zero-order valence-corrected chi connectivity index (χ0v) is 8.75. The van der Waals surface area contributed by atoms with E-state index in [1.165, 1.54) is 12.0 Å². The second-order valence-electron chi connectivity index (χ2n) is 2.89. The van der Waals surface area contributed by atoms with E-state index in [1.54, 1.807) is 0 Å². The van der Waals surface area contributed by atoms with Crippen LogP contribution in [-0.4, -0.2) is 53.3 Å². The van der Waals surface area contributed by atoms with Crippen molar-refractivity contribution in [3.8, 4) is 0 Å². The molecule has 0 spiro atoms. The van der Waals surface area contributed by atoms with E-state index in [0.29, 0.717) is 13.0 Å². The Morgan fingerprint density at radius 2 is 2.50 bits per heavy atom. The number of aliphatic hydroxyl groups is 1. The van der Waals surface area contributed by atoms with Gasteiger partial charge in [-0.3, -0.25) is 9.59 Å². The number of carbonyl (C=O) groups is 2. The van der Waals surface area contributed by atoms with Gasteiger partial charge in [-0.1, -0.05) is 11.8 Å². The molecule has 0 bridgehead atoms. The molecule has 6 heteroatoms. The van der Waals surface area contributed by atoms with Gasteiger partial charge in [-0.25, -0.2) is 0 Å². The lowest BCUT2D eigenvalue weighted by atomic mass is 10.2. The second kappa shape index (κ2) is 5.33. The van der Waals surface area contributed by atoms with Gasteiger partial charge in [0, 0.05) is 13.7 Å². The highest BCUT2D eigenvalue weighted by Crippen LogP contribution is 2.29. The Morgan fingerprint density at radius 3 is 3.00 bits per heavy atom. The highest BCUT2D eigenvalue weighted by Gasteiger charge is 2.37. The number of hydrogen-bond acceptors (Lipinski definition) is 5. The summed E-state index contributed by atoms with van der Waals surface area (Å²) < 4.78 is 4.67. The minimum atomic E-state index is -0.114. The lowest BCUT2D eigenvalue weighted by Gasteiger charge is -2.38. The van der Waals surface area contributed by atoms with Gasteiger partial charge in [0.1, 0.15) is 6.61 Å². The maximum absolute atomic E-state index is 11.1. The quantitative estimate of drug-likeness (QED) is 0.628. The topological polar surface area (TPSA) is 66.8 Å². The number of β-amino-alcohol motifs (C(OH)–C–C–N with tert-alkyl or cyclic N) is 1. The van der Waals surface area contributed by atoms with E-state index in [0.717, 1.165) is 11.8 Å². The largest absolute Gasteiger partial charge is 0.395 e.